The van der Waals surface area contributed by atoms with Gasteiger partial charge in [0.1, 0.15) is 5.82 Å². The normalized spacial score (nSPS) is 14.9. The van der Waals surface area contributed by atoms with E-state index in [1.54, 1.807) is 19.9 Å². The van der Waals surface area contributed by atoms with Gasteiger partial charge in [-0.15, -0.1) is 0 Å². The monoisotopic (exact) mass is 522 g/mol. The van der Waals surface area contributed by atoms with E-state index in [0.29, 0.717) is 22.5 Å². The fourth-order valence-electron chi connectivity index (χ4n) is 3.75. The first-order valence-electron chi connectivity index (χ1n) is 11.5. The molecule has 0 aliphatic rings. The van der Waals surface area contributed by atoms with E-state index < -0.39 is 45.9 Å². The summed E-state index contributed by atoms with van der Waals surface area (Å²) in [4.78, 5) is 20.3. The summed E-state index contributed by atoms with van der Waals surface area (Å²) >= 11 is 0. The van der Waals surface area contributed by atoms with Crippen LogP contribution in [0.15, 0.2) is 30.3 Å². The number of carbonyl (C=O) groups excluding carboxylic acids is 1. The molecule has 2 N–H and O–H groups in total. The summed E-state index contributed by atoms with van der Waals surface area (Å²) in [6.07, 6.45) is 1.16. The molecule has 0 saturated carbocycles. The molecule has 0 bridgehead atoms. The highest BCUT2D eigenvalue weighted by molar-refractivity contribution is 7.92. The lowest BCUT2D eigenvalue weighted by atomic mass is 9.87. The minimum atomic E-state index is -3.67. The molecule has 1 aromatic carbocycles. The van der Waals surface area contributed by atoms with E-state index in [2.05, 4.69) is 9.97 Å². The van der Waals surface area contributed by atoms with Crippen LogP contribution in [0.1, 0.15) is 51.3 Å². The Bertz CT molecular complexity index is 1200. The molecule has 0 spiro atoms. The Morgan fingerprint density at radius 2 is 1.72 bits per heavy atom. The van der Waals surface area contributed by atoms with Crippen molar-refractivity contribution in [3.8, 4) is 11.3 Å². The number of aliphatic carboxylic acids is 1. The molecule has 0 saturated heterocycles. The van der Waals surface area contributed by atoms with Gasteiger partial charge in [0.25, 0.3) is 0 Å². The van der Waals surface area contributed by atoms with Crippen molar-refractivity contribution >= 4 is 28.0 Å². The van der Waals surface area contributed by atoms with Gasteiger partial charge in [0.2, 0.25) is 16.0 Å². The Balaban J connectivity index is 2.59. The molecule has 2 rings (SSSR count). The number of rotatable bonds is 11. The second-order valence-electron chi connectivity index (χ2n) is 9.38. The van der Waals surface area contributed by atoms with E-state index in [4.69, 9.17) is 0 Å². The zero-order valence-corrected chi connectivity index (χ0v) is 22.0. The number of carboxylic acid groups (broad SMARTS) is 1. The van der Waals surface area contributed by atoms with Crippen molar-refractivity contribution < 1.29 is 32.9 Å². The summed E-state index contributed by atoms with van der Waals surface area (Å²) in [5.41, 5.74) is 1.76. The van der Waals surface area contributed by atoms with Gasteiger partial charge < -0.3 is 20.1 Å². The molecule has 2 aromatic rings. The largest absolute Gasteiger partial charge is 0.550 e. The Kier molecular flexibility index (Phi) is 9.70. The fourth-order valence-corrected chi connectivity index (χ4v) is 4.13. The molecule has 0 amide bonds. The van der Waals surface area contributed by atoms with E-state index in [1.807, 2.05) is 13.8 Å². The minimum absolute atomic E-state index is 0.0672. The van der Waals surface area contributed by atoms with Crippen molar-refractivity contribution in [2.24, 2.45) is 11.8 Å². The summed E-state index contributed by atoms with van der Waals surface area (Å²) < 4.78 is 38.8. The highest BCUT2D eigenvalue weighted by Gasteiger charge is 2.26. The summed E-state index contributed by atoms with van der Waals surface area (Å²) in [5.74, 6) is -3.66. The smallest absolute Gasteiger partial charge is 0.239 e. The topological polar surface area (TPSA) is 144 Å². The van der Waals surface area contributed by atoms with Gasteiger partial charge in [0.15, 0.2) is 0 Å². The summed E-state index contributed by atoms with van der Waals surface area (Å²) in [6.45, 7) is 6.99. The molecule has 1 heterocycles. The number of hydrogen-bond acceptors (Lipinski definition) is 8. The van der Waals surface area contributed by atoms with Gasteiger partial charge in [-0.3, -0.25) is 0 Å². The predicted octanol–water partition coefficient (Wildman–Crippen LogP) is 1.95. The number of aromatic nitrogens is 2. The van der Waals surface area contributed by atoms with Gasteiger partial charge in [0, 0.05) is 36.5 Å². The molecule has 1 aromatic heterocycles. The van der Waals surface area contributed by atoms with E-state index in [1.165, 1.54) is 37.4 Å². The lowest BCUT2D eigenvalue weighted by molar-refractivity contribution is -0.316. The third-order valence-corrected chi connectivity index (χ3v) is 6.94. The maximum Gasteiger partial charge on any atom is 0.239 e. The van der Waals surface area contributed by atoms with Crippen LogP contribution in [0.5, 0.6) is 0 Å². The molecule has 36 heavy (non-hydrogen) atoms. The van der Waals surface area contributed by atoms with Gasteiger partial charge in [-0.05, 0) is 36.1 Å². The number of nitrogens with zero attached hydrogens (tertiary/aromatic N) is 3. The number of sulfonamides is 1. The zero-order valence-electron chi connectivity index (χ0n) is 21.2. The predicted molar refractivity (Wildman–Crippen MR) is 134 cm³/mol. The number of aliphatic hydroxyl groups is 2. The van der Waals surface area contributed by atoms with Gasteiger partial charge >= 0.3 is 0 Å². The van der Waals surface area contributed by atoms with E-state index in [9.17, 15) is 32.9 Å². The first kappa shape index (κ1) is 29.3. The highest BCUT2D eigenvalue weighted by atomic mass is 32.2. The van der Waals surface area contributed by atoms with Crippen LogP contribution in [0, 0.1) is 17.7 Å². The van der Waals surface area contributed by atoms with E-state index in [0.717, 1.165) is 10.6 Å². The Morgan fingerprint density at radius 1 is 1.14 bits per heavy atom. The van der Waals surface area contributed by atoms with Crippen molar-refractivity contribution in [3.05, 3.63) is 47.4 Å². The number of hydrogen-bond donors (Lipinski definition) is 2. The summed E-state index contributed by atoms with van der Waals surface area (Å²) in [5, 5.41) is 32.3. The van der Waals surface area contributed by atoms with Crippen LogP contribution in [-0.4, -0.2) is 60.1 Å². The van der Waals surface area contributed by atoms with E-state index >= 15 is 0 Å². The maximum atomic E-state index is 13.6. The second-order valence-corrected chi connectivity index (χ2v) is 11.4. The lowest BCUT2D eigenvalue weighted by Crippen LogP contribution is -2.42. The zero-order chi connectivity index (χ0) is 27.4. The van der Waals surface area contributed by atoms with Gasteiger partial charge in [-0.1, -0.05) is 39.8 Å². The molecular weight excluding hydrogens is 489 g/mol. The molecular formula is C25H33FN3O6S-. The van der Waals surface area contributed by atoms with Crippen LogP contribution in [0.25, 0.3) is 17.3 Å². The standard InChI is InChI=1S/C25H34FN3O6S/c1-14(2)21(24(32)33)20(31)13-18(30)11-12-19-22(15(3)4)27-25(29(5)36(6,34)35)28-23(19)16-7-9-17(26)10-8-16/h7-12,14-15,18,20-21,30-31H,13H2,1-6H3,(H,32,33)/p-1/b12-11+/t18-,20-,21?/m1/s1. The Hall–Kier alpha value is -2.89. The van der Waals surface area contributed by atoms with Gasteiger partial charge in [-0.25, -0.2) is 27.1 Å². The summed E-state index contributed by atoms with van der Waals surface area (Å²) in [6, 6.07) is 5.49. The molecule has 11 heteroatoms. The van der Waals surface area contributed by atoms with Crippen LogP contribution >= 0.6 is 0 Å². The first-order valence-corrected chi connectivity index (χ1v) is 13.3. The third kappa shape index (κ3) is 7.31. The number of halogens is 1. The van der Waals surface area contributed by atoms with Crippen LogP contribution in [0.4, 0.5) is 10.3 Å². The van der Waals surface area contributed by atoms with Crippen molar-refractivity contribution in [2.45, 2.75) is 52.2 Å². The minimum Gasteiger partial charge on any atom is -0.550 e. The first-order chi connectivity index (χ1) is 16.6. The Morgan fingerprint density at radius 3 is 2.19 bits per heavy atom. The van der Waals surface area contributed by atoms with Gasteiger partial charge in [-0.2, -0.15) is 0 Å². The number of anilines is 1. The Labute approximate surface area is 211 Å². The molecule has 1 unspecified atom stereocenters. The molecule has 0 aliphatic carbocycles. The van der Waals surface area contributed by atoms with Crippen molar-refractivity contribution in [1.82, 2.24) is 9.97 Å². The van der Waals surface area contributed by atoms with Crippen molar-refractivity contribution in [3.63, 3.8) is 0 Å². The van der Waals surface area contributed by atoms with Crippen LogP contribution < -0.4 is 9.41 Å². The summed E-state index contributed by atoms with van der Waals surface area (Å²) in [7, 11) is -2.34. The number of benzene rings is 1. The molecule has 0 fully saturated rings. The SMILES string of the molecule is CC(C)c1nc(N(C)S(C)(=O)=O)nc(-c2ccc(F)cc2)c1/C=C/[C@@H](O)C[C@@H](O)C(C(=O)[O-])C(C)C. The van der Waals surface area contributed by atoms with Crippen molar-refractivity contribution in [1.29, 1.82) is 0 Å². The van der Waals surface area contributed by atoms with E-state index in [-0.39, 0.29) is 18.3 Å². The quantitative estimate of drug-likeness (QED) is 0.456. The average molecular weight is 523 g/mol. The third-order valence-electron chi connectivity index (χ3n) is 5.78. The fraction of sp³-hybridized carbons (Fsp3) is 0.480. The second kappa shape index (κ2) is 11.9. The van der Waals surface area contributed by atoms with Crippen LogP contribution in [0.2, 0.25) is 0 Å². The highest BCUT2D eigenvalue weighted by Crippen LogP contribution is 2.32. The van der Waals surface area contributed by atoms with Gasteiger partial charge in [0.05, 0.1) is 29.9 Å². The van der Waals surface area contributed by atoms with Crippen LogP contribution in [-0.2, 0) is 14.8 Å². The number of carbonyl (C=O) groups is 1. The lowest BCUT2D eigenvalue weighted by Gasteiger charge is -2.28. The number of carboxylic acids is 1. The average Bonchev–Trinajstić information content (AvgIpc) is 2.75. The van der Waals surface area contributed by atoms with Crippen LogP contribution in [0.3, 0.4) is 0 Å². The molecule has 9 nitrogen and oxygen atoms in total. The molecule has 3 atom stereocenters. The van der Waals surface area contributed by atoms with Crippen molar-refractivity contribution in [2.75, 3.05) is 17.6 Å². The molecule has 198 valence electrons. The maximum absolute atomic E-state index is 13.6. The molecule has 0 radical (unpaired) electrons. The number of aliphatic hydroxyl groups excluding tert-OH is 2. The molecule has 0 aliphatic heterocycles.